The monoisotopic (exact) mass is 1110 g/mol. The molecule has 454 valence electrons. The van der Waals surface area contributed by atoms with Gasteiger partial charge < -0.3 is 14.2 Å². The van der Waals surface area contributed by atoms with E-state index in [2.05, 4.69) is 191 Å². The number of hydrogen-bond donors (Lipinski definition) is 0. The van der Waals surface area contributed by atoms with Gasteiger partial charge in [-0.1, -0.05) is 281 Å². The molecule has 1 atom stereocenters. The molecule has 81 heavy (non-hydrogen) atoms. The molecule has 0 aromatic heterocycles. The molecule has 0 amide bonds. The molecule has 0 saturated heterocycles. The summed E-state index contributed by atoms with van der Waals surface area (Å²) in [5, 5.41) is 0. The number of rotatable bonds is 57. The van der Waals surface area contributed by atoms with Gasteiger partial charge in [0.25, 0.3) is 0 Å². The Morgan fingerprint density at radius 2 is 0.481 bits per heavy atom. The second-order valence-corrected chi connectivity index (χ2v) is 20.9. The van der Waals surface area contributed by atoms with Crippen LogP contribution in [0.2, 0.25) is 0 Å². The number of unbranched alkanes of at least 4 members (excludes halogenated alkanes) is 18. The first-order valence-electron chi connectivity index (χ1n) is 32.6. The van der Waals surface area contributed by atoms with Crippen molar-refractivity contribution in [3.05, 3.63) is 170 Å². The van der Waals surface area contributed by atoms with Crippen molar-refractivity contribution < 1.29 is 28.6 Å². The van der Waals surface area contributed by atoms with Gasteiger partial charge in [-0.05, 0) is 135 Å². The third-order valence-corrected chi connectivity index (χ3v) is 13.2. The average molecular weight is 1120 g/mol. The number of ether oxygens (including phenoxy) is 3. The van der Waals surface area contributed by atoms with E-state index in [1.165, 1.54) is 51.4 Å². The van der Waals surface area contributed by atoms with Gasteiger partial charge in [-0.3, -0.25) is 14.4 Å². The van der Waals surface area contributed by atoms with Crippen LogP contribution in [0.3, 0.4) is 0 Å². The number of carbonyl (C=O) groups excluding carboxylic acids is 3. The zero-order valence-electron chi connectivity index (χ0n) is 52.0. The van der Waals surface area contributed by atoms with E-state index in [1.807, 2.05) is 0 Å². The first kappa shape index (κ1) is 75.8. The van der Waals surface area contributed by atoms with E-state index in [4.69, 9.17) is 14.2 Å². The molecule has 0 bridgehead atoms. The smallest absolute Gasteiger partial charge is 0.306 e. The summed E-state index contributed by atoms with van der Waals surface area (Å²) in [6.45, 7) is 6.35. The lowest BCUT2D eigenvalue weighted by molar-refractivity contribution is -0.167. The maximum Gasteiger partial charge on any atom is 0.306 e. The van der Waals surface area contributed by atoms with Crippen molar-refractivity contribution in [2.75, 3.05) is 13.2 Å². The predicted octanol–water partition coefficient (Wildman–Crippen LogP) is 22.7. The zero-order valence-corrected chi connectivity index (χ0v) is 52.0. The van der Waals surface area contributed by atoms with Crippen LogP contribution in [0, 0.1) is 0 Å². The third-order valence-electron chi connectivity index (χ3n) is 13.2. The van der Waals surface area contributed by atoms with Crippen molar-refractivity contribution in [2.45, 2.75) is 271 Å². The minimum atomic E-state index is -0.806. The highest BCUT2D eigenvalue weighted by atomic mass is 16.6. The van der Waals surface area contributed by atoms with Gasteiger partial charge in [0, 0.05) is 19.3 Å². The summed E-state index contributed by atoms with van der Waals surface area (Å²) in [5.41, 5.74) is 0. The Bertz CT molecular complexity index is 1860. The average Bonchev–Trinajstić information content (AvgIpc) is 3.47. The minimum Gasteiger partial charge on any atom is -0.462 e. The van der Waals surface area contributed by atoms with Gasteiger partial charge in [0.05, 0.1) is 0 Å². The SMILES string of the molecule is CC/C=C\C/C=C\C/C=C\C/C=C\C/C=C\C/C=C\C/C=C\C/C=C\CCCCCCCCC(=O)OCC(COC(=O)CCCCCCCCCCC)OC(=O)CCCCCC/C=C\C/C=C\C/C=C\C/C=C\C/C=C\C/C=C\CC. The number of carbonyl (C=O) groups is 3. The highest BCUT2D eigenvalue weighted by molar-refractivity contribution is 5.71. The molecule has 0 saturated carbocycles. The fourth-order valence-corrected chi connectivity index (χ4v) is 8.40. The first-order valence-corrected chi connectivity index (χ1v) is 32.6. The van der Waals surface area contributed by atoms with Crippen molar-refractivity contribution in [3.63, 3.8) is 0 Å². The molecule has 0 fully saturated rings. The lowest BCUT2D eigenvalue weighted by Gasteiger charge is -2.18. The summed E-state index contributed by atoms with van der Waals surface area (Å²) in [5.74, 6) is -0.947. The second-order valence-electron chi connectivity index (χ2n) is 20.9. The molecular weight excluding hydrogens is 997 g/mol. The zero-order chi connectivity index (χ0) is 58.5. The summed E-state index contributed by atoms with van der Waals surface area (Å²) in [4.78, 5) is 38.2. The van der Waals surface area contributed by atoms with Crippen LogP contribution in [-0.4, -0.2) is 37.2 Å². The minimum absolute atomic E-state index is 0.0990. The Labute approximate surface area is 498 Å². The van der Waals surface area contributed by atoms with Gasteiger partial charge >= 0.3 is 17.9 Å². The Hall–Kier alpha value is -5.23. The van der Waals surface area contributed by atoms with Crippen molar-refractivity contribution in [1.29, 1.82) is 0 Å². The molecule has 6 nitrogen and oxygen atoms in total. The van der Waals surface area contributed by atoms with Gasteiger partial charge in [-0.2, -0.15) is 0 Å². The second kappa shape index (κ2) is 67.3. The fraction of sp³-hybridized carbons (Fsp3) is 0.587. The van der Waals surface area contributed by atoms with E-state index in [1.54, 1.807) is 0 Å². The quantitative estimate of drug-likeness (QED) is 0.0261. The molecule has 0 N–H and O–H groups in total. The Kier molecular flexibility index (Phi) is 62.9. The summed E-state index contributed by atoms with van der Waals surface area (Å²) in [7, 11) is 0. The molecular formula is C75H118O6. The molecule has 0 aliphatic carbocycles. The maximum atomic E-state index is 12.9. The summed E-state index contributed by atoms with van der Waals surface area (Å²) in [6, 6.07) is 0. The van der Waals surface area contributed by atoms with Gasteiger partial charge in [0.15, 0.2) is 6.10 Å². The van der Waals surface area contributed by atoms with E-state index >= 15 is 0 Å². The largest absolute Gasteiger partial charge is 0.462 e. The van der Waals surface area contributed by atoms with Crippen LogP contribution in [0.25, 0.3) is 0 Å². The highest BCUT2D eigenvalue weighted by Crippen LogP contribution is 2.14. The molecule has 0 spiro atoms. The maximum absolute atomic E-state index is 12.9. The lowest BCUT2D eigenvalue weighted by atomic mass is 10.1. The summed E-state index contributed by atoms with van der Waals surface area (Å²) in [6.07, 6.45) is 99.4. The topological polar surface area (TPSA) is 78.9 Å². The fourth-order valence-electron chi connectivity index (χ4n) is 8.40. The van der Waals surface area contributed by atoms with Crippen molar-refractivity contribution >= 4 is 17.9 Å². The van der Waals surface area contributed by atoms with Gasteiger partial charge in [0.1, 0.15) is 13.2 Å². The number of esters is 3. The summed E-state index contributed by atoms with van der Waals surface area (Å²) < 4.78 is 16.8. The van der Waals surface area contributed by atoms with Crippen LogP contribution in [0.1, 0.15) is 265 Å². The van der Waals surface area contributed by atoms with Gasteiger partial charge in [0.2, 0.25) is 0 Å². The van der Waals surface area contributed by atoms with Gasteiger partial charge in [-0.15, -0.1) is 0 Å². The molecule has 0 aromatic carbocycles. The van der Waals surface area contributed by atoms with E-state index in [-0.39, 0.29) is 37.5 Å². The standard InChI is InChI=1S/C75H118O6/c1-4-7-10-13-16-19-21-23-25-27-29-31-33-34-35-36-37-38-39-40-42-43-45-47-49-51-53-56-59-62-65-68-74(77)80-71-72(70-79-73(76)67-64-61-58-55-18-15-12-9-6-3)81-75(78)69-66-63-60-57-54-52-50-48-46-44-41-32-30-28-26-24-22-20-17-14-11-8-5-2/h7-8,10-11,16-17,19-20,23-26,29-32,34-35,37-38,40,42,44-47,50,52,72H,4-6,9,12-15,18,21-22,27-28,33,36,39,41,43,48-49,51,53-71H2,1-3H3/b10-7-,11-8-,19-16-,20-17-,25-23-,26-24-,31-29-,32-30-,35-34-,38-37-,42-40-,46-44-,47-45-,52-50-. The van der Waals surface area contributed by atoms with Crippen molar-refractivity contribution in [3.8, 4) is 0 Å². The number of hydrogen-bond acceptors (Lipinski definition) is 6. The predicted molar refractivity (Wildman–Crippen MR) is 352 cm³/mol. The Morgan fingerprint density at radius 1 is 0.259 bits per heavy atom. The van der Waals surface area contributed by atoms with E-state index < -0.39 is 6.10 Å². The molecule has 0 aromatic rings. The molecule has 0 rings (SSSR count). The van der Waals surface area contributed by atoms with E-state index in [9.17, 15) is 14.4 Å². The molecule has 6 heteroatoms. The van der Waals surface area contributed by atoms with Crippen LogP contribution in [0.5, 0.6) is 0 Å². The molecule has 0 aliphatic rings. The lowest BCUT2D eigenvalue weighted by Crippen LogP contribution is -2.30. The Balaban J connectivity index is 4.34. The molecule has 0 radical (unpaired) electrons. The first-order chi connectivity index (χ1) is 40.0. The van der Waals surface area contributed by atoms with Crippen molar-refractivity contribution in [1.82, 2.24) is 0 Å². The Morgan fingerprint density at radius 3 is 0.753 bits per heavy atom. The van der Waals surface area contributed by atoms with Crippen LogP contribution in [-0.2, 0) is 28.6 Å². The van der Waals surface area contributed by atoms with E-state index in [0.29, 0.717) is 12.8 Å². The van der Waals surface area contributed by atoms with Crippen LogP contribution in [0.4, 0.5) is 0 Å². The van der Waals surface area contributed by atoms with E-state index in [0.717, 1.165) is 173 Å². The third kappa shape index (κ3) is 65.5. The van der Waals surface area contributed by atoms with Crippen LogP contribution in [0.15, 0.2) is 170 Å². The number of allylic oxidation sites excluding steroid dienone is 28. The highest BCUT2D eigenvalue weighted by Gasteiger charge is 2.19. The molecule has 0 aliphatic heterocycles. The molecule has 0 heterocycles. The van der Waals surface area contributed by atoms with Gasteiger partial charge in [-0.25, -0.2) is 0 Å². The normalized spacial score (nSPS) is 13.3. The summed E-state index contributed by atoms with van der Waals surface area (Å²) >= 11 is 0. The van der Waals surface area contributed by atoms with Crippen molar-refractivity contribution in [2.24, 2.45) is 0 Å². The molecule has 1 unspecified atom stereocenters. The van der Waals surface area contributed by atoms with Crippen LogP contribution < -0.4 is 0 Å². The van der Waals surface area contributed by atoms with Crippen LogP contribution >= 0.6 is 0 Å².